The highest BCUT2D eigenvalue weighted by Gasteiger charge is 2.36. The van der Waals surface area contributed by atoms with E-state index in [1.54, 1.807) is 0 Å². The summed E-state index contributed by atoms with van der Waals surface area (Å²) >= 11 is 0. The van der Waals surface area contributed by atoms with E-state index in [9.17, 15) is 9.59 Å². The summed E-state index contributed by atoms with van der Waals surface area (Å²) < 4.78 is 0. The van der Waals surface area contributed by atoms with Crippen LogP contribution in [0.25, 0.3) is 0 Å². The Morgan fingerprint density at radius 2 is 1.76 bits per heavy atom. The molecule has 1 heterocycles. The number of carboxylic acids is 1. The molecule has 1 aliphatic heterocycles. The molecule has 0 aromatic heterocycles. The number of hydrogen-bond donors (Lipinski definition) is 2. The van der Waals surface area contributed by atoms with Crippen molar-refractivity contribution in [2.75, 3.05) is 13.1 Å². The summed E-state index contributed by atoms with van der Waals surface area (Å²) in [6.45, 7) is 3.53. The van der Waals surface area contributed by atoms with Crippen LogP contribution in [0.5, 0.6) is 0 Å². The van der Waals surface area contributed by atoms with Gasteiger partial charge in [-0.05, 0) is 37.5 Å². The molecule has 0 bridgehead atoms. The second kappa shape index (κ2) is 7.14. The SMILES string of the molecule is CCC(CC(=O)O)NC(=O)N1CCC2(CCCCC2)CC1. The molecule has 21 heavy (non-hydrogen) atoms. The van der Waals surface area contributed by atoms with Crippen molar-refractivity contribution in [3.63, 3.8) is 0 Å². The molecule has 2 amide bonds. The second-order valence-corrected chi connectivity index (χ2v) is 6.70. The highest BCUT2D eigenvalue weighted by molar-refractivity contribution is 5.76. The number of hydrogen-bond acceptors (Lipinski definition) is 2. The maximum Gasteiger partial charge on any atom is 0.317 e. The molecule has 2 rings (SSSR count). The minimum atomic E-state index is -0.859. The van der Waals surface area contributed by atoms with E-state index in [1.165, 1.54) is 32.1 Å². The standard InChI is InChI=1S/C16H28N2O3/c1-2-13(12-14(19)20)17-15(21)18-10-8-16(9-11-18)6-4-3-5-7-16/h13H,2-12H2,1H3,(H,17,21)(H,19,20). The summed E-state index contributed by atoms with van der Waals surface area (Å²) in [7, 11) is 0. The Morgan fingerprint density at radius 3 is 2.29 bits per heavy atom. The maximum atomic E-state index is 12.2. The van der Waals surface area contributed by atoms with Crippen LogP contribution in [0, 0.1) is 5.41 Å². The lowest BCUT2D eigenvalue weighted by molar-refractivity contribution is -0.137. The number of amides is 2. The highest BCUT2D eigenvalue weighted by atomic mass is 16.4. The fraction of sp³-hybridized carbons (Fsp3) is 0.875. The maximum absolute atomic E-state index is 12.2. The monoisotopic (exact) mass is 296 g/mol. The van der Waals surface area contributed by atoms with E-state index in [0.717, 1.165) is 25.9 Å². The minimum Gasteiger partial charge on any atom is -0.481 e. The Kier molecular flexibility index (Phi) is 5.48. The summed E-state index contributed by atoms with van der Waals surface area (Å²) in [6, 6.07) is -0.352. The average molecular weight is 296 g/mol. The third kappa shape index (κ3) is 4.35. The van der Waals surface area contributed by atoms with Crippen LogP contribution in [0.2, 0.25) is 0 Å². The topological polar surface area (TPSA) is 69.6 Å². The van der Waals surface area contributed by atoms with Gasteiger partial charge >= 0.3 is 12.0 Å². The van der Waals surface area contributed by atoms with E-state index >= 15 is 0 Å². The van der Waals surface area contributed by atoms with Crippen LogP contribution in [-0.4, -0.2) is 41.1 Å². The lowest BCUT2D eigenvalue weighted by Crippen LogP contribution is -2.50. The van der Waals surface area contributed by atoms with Crippen LogP contribution in [0.3, 0.4) is 0 Å². The molecular formula is C16H28N2O3. The first kappa shape index (κ1) is 16.1. The number of piperidine rings is 1. The van der Waals surface area contributed by atoms with Crippen LogP contribution in [0.4, 0.5) is 4.79 Å². The van der Waals surface area contributed by atoms with E-state index < -0.39 is 5.97 Å². The van der Waals surface area contributed by atoms with Crippen molar-refractivity contribution in [3.8, 4) is 0 Å². The molecule has 2 aliphatic rings. The Balaban J connectivity index is 1.80. The number of urea groups is 1. The molecule has 2 N–H and O–H groups in total. The van der Waals surface area contributed by atoms with Gasteiger partial charge in [-0.3, -0.25) is 4.79 Å². The average Bonchev–Trinajstić information content (AvgIpc) is 2.47. The Bertz CT molecular complexity index is 368. The van der Waals surface area contributed by atoms with Crippen molar-refractivity contribution in [3.05, 3.63) is 0 Å². The molecule has 1 atom stereocenters. The van der Waals surface area contributed by atoms with E-state index in [-0.39, 0.29) is 18.5 Å². The van der Waals surface area contributed by atoms with Crippen molar-refractivity contribution < 1.29 is 14.7 Å². The molecule has 1 aliphatic carbocycles. The van der Waals surface area contributed by atoms with E-state index in [1.807, 2.05) is 11.8 Å². The van der Waals surface area contributed by atoms with Gasteiger partial charge in [0.05, 0.1) is 6.42 Å². The van der Waals surface area contributed by atoms with Gasteiger partial charge in [0, 0.05) is 19.1 Å². The van der Waals surface area contributed by atoms with Crippen LogP contribution >= 0.6 is 0 Å². The summed E-state index contributed by atoms with van der Waals surface area (Å²) in [5.74, 6) is -0.859. The number of carbonyl (C=O) groups is 2. The summed E-state index contributed by atoms with van der Waals surface area (Å²) in [5.41, 5.74) is 0.486. The molecule has 1 unspecified atom stereocenters. The molecular weight excluding hydrogens is 268 g/mol. The third-order valence-corrected chi connectivity index (χ3v) is 5.27. The first-order chi connectivity index (χ1) is 10.0. The molecule has 1 spiro atoms. The molecule has 120 valence electrons. The lowest BCUT2D eigenvalue weighted by atomic mass is 9.68. The molecule has 0 aromatic carbocycles. The molecule has 5 nitrogen and oxygen atoms in total. The molecule has 5 heteroatoms. The van der Waals surface area contributed by atoms with Gasteiger partial charge in [0.25, 0.3) is 0 Å². The van der Waals surface area contributed by atoms with Gasteiger partial charge in [-0.15, -0.1) is 0 Å². The Hall–Kier alpha value is -1.26. The van der Waals surface area contributed by atoms with Crippen molar-refractivity contribution in [1.29, 1.82) is 0 Å². The molecule has 1 saturated heterocycles. The van der Waals surface area contributed by atoms with E-state index in [2.05, 4.69) is 5.32 Å². The van der Waals surface area contributed by atoms with Gasteiger partial charge in [0.1, 0.15) is 0 Å². The first-order valence-corrected chi connectivity index (χ1v) is 8.32. The van der Waals surface area contributed by atoms with Crippen LogP contribution < -0.4 is 5.32 Å². The third-order valence-electron chi connectivity index (χ3n) is 5.27. The molecule has 2 fully saturated rings. The smallest absolute Gasteiger partial charge is 0.317 e. The number of carboxylic acid groups (broad SMARTS) is 1. The lowest BCUT2D eigenvalue weighted by Gasteiger charge is -2.44. The largest absolute Gasteiger partial charge is 0.481 e. The molecule has 0 aromatic rings. The minimum absolute atomic E-state index is 0.0000174. The number of nitrogens with one attached hydrogen (secondary N) is 1. The van der Waals surface area contributed by atoms with Crippen molar-refractivity contribution in [1.82, 2.24) is 10.2 Å². The predicted molar refractivity (Wildman–Crippen MR) is 81.2 cm³/mol. The molecule has 0 radical (unpaired) electrons. The van der Waals surface area contributed by atoms with Gasteiger partial charge in [-0.25, -0.2) is 4.79 Å². The van der Waals surface area contributed by atoms with Gasteiger partial charge < -0.3 is 15.3 Å². The quantitative estimate of drug-likeness (QED) is 0.838. The normalized spacial score (nSPS) is 22.8. The van der Waals surface area contributed by atoms with Crippen LogP contribution in [0.15, 0.2) is 0 Å². The van der Waals surface area contributed by atoms with Crippen molar-refractivity contribution in [2.45, 2.75) is 70.8 Å². The summed E-state index contributed by atoms with van der Waals surface area (Å²) in [4.78, 5) is 24.9. The van der Waals surface area contributed by atoms with E-state index in [0.29, 0.717) is 11.8 Å². The van der Waals surface area contributed by atoms with Crippen LogP contribution in [-0.2, 0) is 4.79 Å². The zero-order valence-electron chi connectivity index (χ0n) is 13.1. The second-order valence-electron chi connectivity index (χ2n) is 6.70. The molecule has 1 saturated carbocycles. The number of likely N-dealkylation sites (tertiary alicyclic amines) is 1. The van der Waals surface area contributed by atoms with Gasteiger partial charge in [0.2, 0.25) is 0 Å². The zero-order chi connectivity index (χ0) is 15.3. The van der Waals surface area contributed by atoms with Crippen LogP contribution in [0.1, 0.15) is 64.7 Å². The summed E-state index contributed by atoms with van der Waals surface area (Å²) in [6.07, 6.45) is 9.53. The first-order valence-electron chi connectivity index (χ1n) is 8.32. The van der Waals surface area contributed by atoms with Gasteiger partial charge in [0.15, 0.2) is 0 Å². The number of rotatable bonds is 4. The number of aliphatic carboxylic acids is 1. The fourth-order valence-corrected chi connectivity index (χ4v) is 3.76. The predicted octanol–water partition coefficient (Wildman–Crippen LogP) is 3.00. The Labute approximate surface area is 127 Å². The van der Waals surface area contributed by atoms with Crippen molar-refractivity contribution in [2.24, 2.45) is 5.41 Å². The Morgan fingerprint density at radius 1 is 1.14 bits per heavy atom. The van der Waals surface area contributed by atoms with E-state index in [4.69, 9.17) is 5.11 Å². The summed E-state index contributed by atoms with van der Waals surface area (Å²) in [5, 5.41) is 11.7. The zero-order valence-corrected chi connectivity index (χ0v) is 13.1. The highest BCUT2D eigenvalue weighted by Crippen LogP contribution is 2.44. The number of nitrogens with zero attached hydrogens (tertiary/aromatic N) is 1. The van der Waals surface area contributed by atoms with Gasteiger partial charge in [-0.1, -0.05) is 26.2 Å². The number of carbonyl (C=O) groups excluding carboxylic acids is 1. The fourth-order valence-electron chi connectivity index (χ4n) is 3.76. The van der Waals surface area contributed by atoms with Crippen molar-refractivity contribution >= 4 is 12.0 Å². The van der Waals surface area contributed by atoms with Gasteiger partial charge in [-0.2, -0.15) is 0 Å².